The summed E-state index contributed by atoms with van der Waals surface area (Å²) in [7, 11) is 0. The van der Waals surface area contributed by atoms with Gasteiger partial charge in [0.25, 0.3) is 5.91 Å². The van der Waals surface area contributed by atoms with Gasteiger partial charge in [0.1, 0.15) is 0 Å². The molecule has 2 aliphatic carbocycles. The standard InChI is InChI=1S/C9H13F2NO/c10-8(11)9(13)12-7-5-3-1-2-4-6(5)7/h5-8H,1-4H2,(H,12,13). The molecule has 1 amide bonds. The summed E-state index contributed by atoms with van der Waals surface area (Å²) in [5, 5.41) is 2.41. The van der Waals surface area contributed by atoms with Crippen LogP contribution in [0.4, 0.5) is 8.78 Å². The van der Waals surface area contributed by atoms with Crippen molar-refractivity contribution in [2.24, 2.45) is 11.8 Å². The third-order valence-electron chi connectivity index (χ3n) is 3.16. The summed E-state index contributed by atoms with van der Waals surface area (Å²) >= 11 is 0. The van der Waals surface area contributed by atoms with Gasteiger partial charge in [0.05, 0.1) is 0 Å². The third kappa shape index (κ3) is 1.67. The van der Waals surface area contributed by atoms with E-state index in [1.54, 1.807) is 0 Å². The van der Waals surface area contributed by atoms with Gasteiger partial charge in [-0.15, -0.1) is 0 Å². The van der Waals surface area contributed by atoms with Gasteiger partial charge in [-0.3, -0.25) is 4.79 Å². The average molecular weight is 189 g/mol. The highest BCUT2D eigenvalue weighted by atomic mass is 19.3. The van der Waals surface area contributed by atoms with Crippen LogP contribution in [0.3, 0.4) is 0 Å². The van der Waals surface area contributed by atoms with Crippen molar-refractivity contribution in [3.63, 3.8) is 0 Å². The third-order valence-corrected chi connectivity index (χ3v) is 3.16. The zero-order chi connectivity index (χ0) is 9.42. The molecule has 1 N–H and O–H groups in total. The van der Waals surface area contributed by atoms with Crippen molar-refractivity contribution in [2.45, 2.75) is 38.2 Å². The van der Waals surface area contributed by atoms with Crippen molar-refractivity contribution in [3.8, 4) is 0 Å². The van der Waals surface area contributed by atoms with Gasteiger partial charge < -0.3 is 5.32 Å². The van der Waals surface area contributed by atoms with E-state index in [2.05, 4.69) is 5.32 Å². The molecule has 2 rings (SSSR count). The molecular weight excluding hydrogens is 176 g/mol. The van der Waals surface area contributed by atoms with Gasteiger partial charge in [-0.05, 0) is 24.7 Å². The normalized spacial score (nSPS) is 37.0. The van der Waals surface area contributed by atoms with Gasteiger partial charge >= 0.3 is 6.43 Å². The number of amides is 1. The quantitative estimate of drug-likeness (QED) is 0.701. The van der Waals surface area contributed by atoms with Crippen molar-refractivity contribution in [1.29, 1.82) is 0 Å². The first-order chi connectivity index (χ1) is 6.20. The smallest absolute Gasteiger partial charge is 0.315 e. The molecule has 0 heterocycles. The number of carbonyl (C=O) groups is 1. The Morgan fingerprint density at radius 1 is 1.23 bits per heavy atom. The lowest BCUT2D eigenvalue weighted by Crippen LogP contribution is -2.32. The predicted octanol–water partition coefficient (Wildman–Crippen LogP) is 1.56. The minimum Gasteiger partial charge on any atom is -0.348 e. The van der Waals surface area contributed by atoms with E-state index in [0.717, 1.165) is 12.8 Å². The highest BCUT2D eigenvalue weighted by Gasteiger charge is 2.51. The zero-order valence-electron chi connectivity index (χ0n) is 7.30. The van der Waals surface area contributed by atoms with Crippen LogP contribution in [0.15, 0.2) is 0 Å². The molecule has 0 aliphatic heterocycles. The molecule has 74 valence electrons. The molecular formula is C9H13F2NO. The van der Waals surface area contributed by atoms with Crippen LogP contribution in [0, 0.1) is 11.8 Å². The lowest BCUT2D eigenvalue weighted by atomic mass is 10.0. The first kappa shape index (κ1) is 8.91. The summed E-state index contributed by atoms with van der Waals surface area (Å²) in [5.74, 6) is -0.104. The van der Waals surface area contributed by atoms with Crippen molar-refractivity contribution in [2.75, 3.05) is 0 Å². The Labute approximate surface area is 75.7 Å². The molecule has 0 aromatic rings. The molecule has 2 saturated carbocycles. The first-order valence-electron chi connectivity index (χ1n) is 4.78. The molecule has 4 heteroatoms. The second-order valence-corrected chi connectivity index (χ2v) is 3.95. The lowest BCUT2D eigenvalue weighted by molar-refractivity contribution is -0.132. The Bertz CT molecular complexity index is 208. The van der Waals surface area contributed by atoms with Gasteiger partial charge in [-0.1, -0.05) is 12.8 Å². The van der Waals surface area contributed by atoms with E-state index in [4.69, 9.17) is 0 Å². The number of hydrogen-bond donors (Lipinski definition) is 1. The van der Waals surface area contributed by atoms with Gasteiger partial charge in [-0.2, -0.15) is 8.78 Å². The van der Waals surface area contributed by atoms with Gasteiger partial charge in [0, 0.05) is 6.04 Å². The Morgan fingerprint density at radius 3 is 2.23 bits per heavy atom. The van der Waals surface area contributed by atoms with Gasteiger partial charge in [-0.25, -0.2) is 0 Å². The van der Waals surface area contributed by atoms with E-state index < -0.39 is 12.3 Å². The van der Waals surface area contributed by atoms with E-state index in [0.29, 0.717) is 11.8 Å². The number of halogens is 2. The number of hydrogen-bond acceptors (Lipinski definition) is 1. The molecule has 0 aromatic heterocycles. The van der Waals surface area contributed by atoms with Gasteiger partial charge in [0.2, 0.25) is 0 Å². The summed E-state index contributed by atoms with van der Waals surface area (Å²) in [5.41, 5.74) is 0. The van der Waals surface area contributed by atoms with E-state index in [9.17, 15) is 13.6 Å². The van der Waals surface area contributed by atoms with Crippen molar-refractivity contribution < 1.29 is 13.6 Å². The molecule has 2 nitrogen and oxygen atoms in total. The summed E-state index contributed by atoms with van der Waals surface area (Å²) in [4.78, 5) is 10.7. The first-order valence-corrected chi connectivity index (χ1v) is 4.78. The Kier molecular flexibility index (Phi) is 2.22. The maximum atomic E-state index is 11.9. The van der Waals surface area contributed by atoms with Crippen molar-refractivity contribution >= 4 is 5.91 Å². The van der Waals surface area contributed by atoms with E-state index in [1.165, 1.54) is 12.8 Å². The van der Waals surface area contributed by atoms with Crippen LogP contribution in [-0.2, 0) is 4.79 Å². The molecule has 2 atom stereocenters. The van der Waals surface area contributed by atoms with Crippen LogP contribution in [0.2, 0.25) is 0 Å². The van der Waals surface area contributed by atoms with E-state index in [1.807, 2.05) is 0 Å². The van der Waals surface area contributed by atoms with Crippen LogP contribution < -0.4 is 5.32 Å². The number of alkyl halides is 2. The number of nitrogens with one attached hydrogen (secondary N) is 1. The molecule has 0 radical (unpaired) electrons. The molecule has 2 unspecified atom stereocenters. The summed E-state index contributed by atoms with van der Waals surface area (Å²) < 4.78 is 23.8. The summed E-state index contributed by atoms with van der Waals surface area (Å²) in [6, 6.07) is 0.0593. The summed E-state index contributed by atoms with van der Waals surface area (Å²) in [6.45, 7) is 0. The summed E-state index contributed by atoms with van der Waals surface area (Å²) in [6.07, 6.45) is 1.70. The maximum absolute atomic E-state index is 11.9. The van der Waals surface area contributed by atoms with Crippen LogP contribution in [0.1, 0.15) is 25.7 Å². The van der Waals surface area contributed by atoms with Crippen LogP contribution in [0.25, 0.3) is 0 Å². The van der Waals surface area contributed by atoms with Crippen molar-refractivity contribution in [1.82, 2.24) is 5.32 Å². The molecule has 2 fully saturated rings. The van der Waals surface area contributed by atoms with Crippen molar-refractivity contribution in [3.05, 3.63) is 0 Å². The fourth-order valence-electron chi connectivity index (χ4n) is 2.43. The lowest BCUT2D eigenvalue weighted by Gasteiger charge is -2.04. The van der Waals surface area contributed by atoms with E-state index >= 15 is 0 Å². The highest BCUT2D eigenvalue weighted by molar-refractivity contribution is 5.79. The Balaban J connectivity index is 1.81. The number of rotatable bonds is 2. The highest BCUT2D eigenvalue weighted by Crippen LogP contribution is 2.49. The molecule has 0 saturated heterocycles. The zero-order valence-corrected chi connectivity index (χ0v) is 7.30. The molecule has 0 spiro atoms. The largest absolute Gasteiger partial charge is 0.348 e. The molecule has 2 aliphatic rings. The SMILES string of the molecule is O=C(NC1C2CCCCC21)C(F)F. The second kappa shape index (κ2) is 3.24. The number of fused-ring (bicyclic) bond motifs is 1. The topological polar surface area (TPSA) is 29.1 Å². The number of carbonyl (C=O) groups excluding carboxylic acids is 1. The molecule has 0 aromatic carbocycles. The monoisotopic (exact) mass is 189 g/mol. The Morgan fingerprint density at radius 2 is 1.77 bits per heavy atom. The molecule has 13 heavy (non-hydrogen) atoms. The molecule has 0 bridgehead atoms. The maximum Gasteiger partial charge on any atom is 0.315 e. The fourth-order valence-corrected chi connectivity index (χ4v) is 2.43. The van der Waals surface area contributed by atoms with E-state index in [-0.39, 0.29) is 6.04 Å². The van der Waals surface area contributed by atoms with Crippen LogP contribution >= 0.6 is 0 Å². The average Bonchev–Trinajstić information content (AvgIpc) is 2.79. The fraction of sp³-hybridized carbons (Fsp3) is 0.889. The Hall–Kier alpha value is -0.670. The second-order valence-electron chi connectivity index (χ2n) is 3.95. The van der Waals surface area contributed by atoms with Gasteiger partial charge in [0.15, 0.2) is 0 Å². The predicted molar refractivity (Wildman–Crippen MR) is 43.4 cm³/mol. The van der Waals surface area contributed by atoms with Crippen LogP contribution in [0.5, 0.6) is 0 Å². The van der Waals surface area contributed by atoms with Crippen LogP contribution in [-0.4, -0.2) is 18.4 Å². The minimum absolute atomic E-state index is 0.0593. The minimum atomic E-state index is -2.86.